The molecular weight excluding hydrogens is 76.1 g/mol. The third kappa shape index (κ3) is 0.420. The van der Waals surface area contributed by atoms with Crippen molar-refractivity contribution in [3.63, 3.8) is 0 Å². The summed E-state index contributed by atoms with van der Waals surface area (Å²) in [6.07, 6.45) is 0.993. The highest BCUT2D eigenvalue weighted by Gasteiger charge is 2.43. The fraction of sp³-hybridized carbons (Fsp3) is 1.00. The molecule has 0 aromatic heterocycles. The van der Waals surface area contributed by atoms with Crippen LogP contribution in [0.25, 0.3) is 0 Å². The minimum absolute atomic E-state index is 0.0139. The van der Waals surface area contributed by atoms with E-state index in [4.69, 9.17) is 11.5 Å². The van der Waals surface area contributed by atoms with E-state index >= 15 is 0 Å². The van der Waals surface area contributed by atoms with Gasteiger partial charge in [-0.1, -0.05) is 0 Å². The molecule has 2 atom stereocenters. The van der Waals surface area contributed by atoms with Crippen LogP contribution in [0, 0.1) is 0 Å². The smallest absolute Gasteiger partial charge is 0.0295 e. The fourth-order valence-corrected chi connectivity index (χ4v) is 0.415. The van der Waals surface area contributed by atoms with Gasteiger partial charge in [0.1, 0.15) is 0 Å². The molecular formula is C4H10N2. The maximum Gasteiger partial charge on any atom is 0.0295 e. The van der Waals surface area contributed by atoms with Gasteiger partial charge >= 0.3 is 0 Å². The van der Waals surface area contributed by atoms with Crippen LogP contribution in [-0.2, 0) is 0 Å². The van der Waals surface area contributed by atoms with Crippen LogP contribution in [0.15, 0.2) is 0 Å². The maximum absolute atomic E-state index is 5.48. The molecule has 0 saturated heterocycles. The van der Waals surface area contributed by atoms with E-state index in [0.29, 0.717) is 0 Å². The lowest BCUT2D eigenvalue weighted by Crippen LogP contribution is -2.26. The lowest BCUT2D eigenvalue weighted by Gasteiger charge is -1.93. The summed E-state index contributed by atoms with van der Waals surface area (Å²) < 4.78 is 0. The van der Waals surface area contributed by atoms with Gasteiger partial charge in [0, 0.05) is 11.6 Å². The van der Waals surface area contributed by atoms with Gasteiger partial charge in [-0.3, -0.25) is 0 Å². The first-order chi connectivity index (χ1) is 2.63. The summed E-state index contributed by atoms with van der Waals surface area (Å²) in [5.74, 6) is 0. The normalized spacial score (nSPS) is 55.5. The van der Waals surface area contributed by atoms with Gasteiger partial charge in [0.05, 0.1) is 0 Å². The van der Waals surface area contributed by atoms with Gasteiger partial charge in [-0.25, -0.2) is 0 Å². The summed E-state index contributed by atoms with van der Waals surface area (Å²) >= 11 is 0. The van der Waals surface area contributed by atoms with E-state index in [1.165, 1.54) is 0 Å². The van der Waals surface area contributed by atoms with Gasteiger partial charge < -0.3 is 11.5 Å². The molecule has 0 unspecified atom stereocenters. The largest absolute Gasteiger partial charge is 0.326 e. The molecule has 6 heavy (non-hydrogen) atoms. The monoisotopic (exact) mass is 86.1 g/mol. The molecule has 0 radical (unpaired) electrons. The van der Waals surface area contributed by atoms with E-state index in [9.17, 15) is 0 Å². The fourth-order valence-electron chi connectivity index (χ4n) is 0.415. The molecule has 1 saturated carbocycles. The van der Waals surface area contributed by atoms with Gasteiger partial charge in [0.15, 0.2) is 0 Å². The van der Waals surface area contributed by atoms with Gasteiger partial charge in [0.25, 0.3) is 0 Å². The Morgan fingerprint density at radius 1 is 1.83 bits per heavy atom. The number of hydrogen-bond donors (Lipinski definition) is 2. The zero-order valence-electron chi connectivity index (χ0n) is 3.94. The van der Waals surface area contributed by atoms with Crippen LogP contribution < -0.4 is 11.5 Å². The van der Waals surface area contributed by atoms with E-state index < -0.39 is 0 Å². The highest BCUT2D eigenvalue weighted by Crippen LogP contribution is 2.29. The predicted molar refractivity (Wildman–Crippen MR) is 25.2 cm³/mol. The van der Waals surface area contributed by atoms with Crippen LogP contribution in [0.5, 0.6) is 0 Å². The Morgan fingerprint density at radius 2 is 2.00 bits per heavy atom. The molecule has 0 amide bonds. The van der Waals surface area contributed by atoms with Gasteiger partial charge in [-0.2, -0.15) is 0 Å². The molecule has 1 aliphatic rings. The molecule has 0 aromatic rings. The Bertz CT molecular complexity index is 67.9. The average Bonchev–Trinajstić information content (AvgIpc) is 1.73. The Balaban J connectivity index is 2.41. The summed E-state index contributed by atoms with van der Waals surface area (Å²) in [4.78, 5) is 0. The quantitative estimate of drug-likeness (QED) is 0.415. The van der Waals surface area contributed by atoms with E-state index in [-0.39, 0.29) is 11.6 Å². The van der Waals surface area contributed by atoms with Crippen molar-refractivity contribution in [2.75, 3.05) is 0 Å². The highest BCUT2D eigenvalue weighted by atomic mass is 14.9. The van der Waals surface area contributed by atoms with Crippen molar-refractivity contribution in [2.45, 2.75) is 24.9 Å². The molecule has 0 spiro atoms. The lowest BCUT2D eigenvalue weighted by molar-refractivity contribution is 0.721. The van der Waals surface area contributed by atoms with Crippen LogP contribution in [-0.4, -0.2) is 11.6 Å². The SMILES string of the molecule is C[C@]1(N)C[C@@H]1N. The zero-order chi connectivity index (χ0) is 4.78. The van der Waals surface area contributed by atoms with Crippen molar-refractivity contribution >= 4 is 0 Å². The first-order valence-electron chi connectivity index (χ1n) is 2.17. The van der Waals surface area contributed by atoms with Crippen LogP contribution in [0.1, 0.15) is 13.3 Å². The van der Waals surface area contributed by atoms with E-state index in [2.05, 4.69) is 0 Å². The molecule has 36 valence electrons. The molecule has 2 heteroatoms. The second kappa shape index (κ2) is 0.768. The molecule has 4 N–H and O–H groups in total. The van der Waals surface area contributed by atoms with Crippen LogP contribution in [0.2, 0.25) is 0 Å². The first kappa shape index (κ1) is 4.09. The minimum atomic E-state index is -0.0139. The Kier molecular flexibility index (Phi) is 0.524. The Morgan fingerprint density at radius 3 is 2.00 bits per heavy atom. The number of hydrogen-bond acceptors (Lipinski definition) is 2. The highest BCUT2D eigenvalue weighted by molar-refractivity contribution is 5.07. The summed E-state index contributed by atoms with van der Waals surface area (Å²) in [6.45, 7) is 1.97. The van der Waals surface area contributed by atoms with Crippen molar-refractivity contribution in [1.29, 1.82) is 0 Å². The summed E-state index contributed by atoms with van der Waals surface area (Å²) in [6, 6.07) is 0.275. The number of rotatable bonds is 0. The molecule has 1 fully saturated rings. The molecule has 1 aliphatic carbocycles. The van der Waals surface area contributed by atoms with Crippen molar-refractivity contribution in [3.8, 4) is 0 Å². The van der Waals surface area contributed by atoms with Crippen molar-refractivity contribution in [2.24, 2.45) is 11.5 Å². The van der Waals surface area contributed by atoms with Gasteiger partial charge in [-0.05, 0) is 13.3 Å². The topological polar surface area (TPSA) is 52.0 Å². The van der Waals surface area contributed by atoms with Crippen LogP contribution in [0.3, 0.4) is 0 Å². The standard InChI is InChI=1S/C4H10N2/c1-4(6)2-3(4)5/h3H,2,5-6H2,1H3/t3-,4-/m0/s1. The molecule has 0 heterocycles. The van der Waals surface area contributed by atoms with Crippen molar-refractivity contribution in [1.82, 2.24) is 0 Å². The Labute approximate surface area is 37.5 Å². The predicted octanol–water partition coefficient (Wildman–Crippen LogP) is -0.565. The van der Waals surface area contributed by atoms with Gasteiger partial charge in [-0.15, -0.1) is 0 Å². The summed E-state index contributed by atoms with van der Waals surface area (Å²) in [5.41, 5.74) is 10.8. The third-order valence-electron chi connectivity index (χ3n) is 1.35. The molecule has 1 rings (SSSR count). The molecule has 0 aliphatic heterocycles. The third-order valence-corrected chi connectivity index (χ3v) is 1.35. The van der Waals surface area contributed by atoms with Crippen LogP contribution >= 0.6 is 0 Å². The number of nitrogens with two attached hydrogens (primary N) is 2. The summed E-state index contributed by atoms with van der Waals surface area (Å²) in [7, 11) is 0. The van der Waals surface area contributed by atoms with E-state index in [1.807, 2.05) is 6.92 Å². The Hall–Kier alpha value is -0.0800. The average molecular weight is 86.1 g/mol. The van der Waals surface area contributed by atoms with E-state index in [1.54, 1.807) is 0 Å². The second-order valence-electron chi connectivity index (χ2n) is 2.32. The summed E-state index contributed by atoms with van der Waals surface area (Å²) in [5, 5.41) is 0. The van der Waals surface area contributed by atoms with Crippen molar-refractivity contribution in [3.05, 3.63) is 0 Å². The van der Waals surface area contributed by atoms with Crippen molar-refractivity contribution < 1.29 is 0 Å². The zero-order valence-corrected chi connectivity index (χ0v) is 3.94. The van der Waals surface area contributed by atoms with Crippen LogP contribution in [0.4, 0.5) is 0 Å². The minimum Gasteiger partial charge on any atom is -0.326 e. The molecule has 0 aromatic carbocycles. The molecule has 0 bridgehead atoms. The maximum atomic E-state index is 5.48. The van der Waals surface area contributed by atoms with Gasteiger partial charge in [0.2, 0.25) is 0 Å². The van der Waals surface area contributed by atoms with E-state index in [0.717, 1.165) is 6.42 Å². The molecule has 2 nitrogen and oxygen atoms in total. The lowest BCUT2D eigenvalue weighted by atomic mass is 10.3. The second-order valence-corrected chi connectivity index (χ2v) is 2.32. The first-order valence-corrected chi connectivity index (χ1v) is 2.17.